The molecule has 0 N–H and O–H groups in total. The van der Waals surface area contributed by atoms with E-state index in [-0.39, 0.29) is 18.6 Å². The first kappa shape index (κ1) is 12.3. The fourth-order valence-electron chi connectivity index (χ4n) is 2.07. The second-order valence-electron chi connectivity index (χ2n) is 4.25. The molecule has 0 aliphatic heterocycles. The normalized spacial score (nSPS) is 27.5. The van der Waals surface area contributed by atoms with Crippen molar-refractivity contribution in [3.05, 3.63) is 12.2 Å². The summed E-state index contributed by atoms with van der Waals surface area (Å²) in [6, 6.07) is 0. The number of rotatable bonds is 2. The number of halogens is 3. The Morgan fingerprint density at radius 1 is 1.33 bits per heavy atom. The molecule has 1 aliphatic rings. The predicted molar refractivity (Wildman–Crippen MR) is 51.3 cm³/mol. The molecule has 0 aromatic rings. The van der Waals surface area contributed by atoms with Crippen LogP contribution in [0.3, 0.4) is 0 Å². The fourth-order valence-corrected chi connectivity index (χ4v) is 2.07. The molecule has 1 nitrogen and oxygen atoms in total. The molecule has 15 heavy (non-hydrogen) atoms. The first-order chi connectivity index (χ1) is 6.82. The smallest absolute Gasteiger partial charge is 0.294 e. The number of allylic oxidation sites excluding steroid dienone is 1. The maximum atomic E-state index is 12.4. The van der Waals surface area contributed by atoms with Gasteiger partial charge in [-0.1, -0.05) is 13.0 Å². The van der Waals surface area contributed by atoms with Gasteiger partial charge in [0.1, 0.15) is 0 Å². The van der Waals surface area contributed by atoms with E-state index in [2.05, 4.69) is 6.58 Å². The van der Waals surface area contributed by atoms with Crippen molar-refractivity contribution < 1.29 is 18.0 Å². The van der Waals surface area contributed by atoms with Gasteiger partial charge in [0.15, 0.2) is 5.78 Å². The molecule has 1 saturated carbocycles. The van der Waals surface area contributed by atoms with Crippen LogP contribution in [0.15, 0.2) is 12.2 Å². The van der Waals surface area contributed by atoms with Crippen LogP contribution >= 0.6 is 0 Å². The zero-order chi connectivity index (χ0) is 11.6. The maximum absolute atomic E-state index is 12.4. The molecule has 0 aromatic carbocycles. The van der Waals surface area contributed by atoms with E-state index in [1.807, 2.05) is 0 Å². The Labute approximate surface area is 87.4 Å². The van der Waals surface area contributed by atoms with Gasteiger partial charge >= 0.3 is 6.18 Å². The molecule has 2 unspecified atom stereocenters. The SMILES string of the molecule is C=C(C)C(=O)C1CCCC(C(F)(F)F)C1. The van der Waals surface area contributed by atoms with Crippen molar-refractivity contribution in [3.63, 3.8) is 0 Å². The van der Waals surface area contributed by atoms with Crippen LogP contribution in [0, 0.1) is 11.8 Å². The van der Waals surface area contributed by atoms with Gasteiger partial charge in [-0.3, -0.25) is 4.79 Å². The average molecular weight is 220 g/mol. The third-order valence-corrected chi connectivity index (χ3v) is 2.93. The zero-order valence-electron chi connectivity index (χ0n) is 8.73. The minimum absolute atomic E-state index is 0.0603. The standard InChI is InChI=1S/C11H15F3O/c1-7(2)10(15)8-4-3-5-9(6-8)11(12,13)14/h8-9H,1,3-6H2,2H3. The topological polar surface area (TPSA) is 17.1 Å². The van der Waals surface area contributed by atoms with Gasteiger partial charge in [0.05, 0.1) is 5.92 Å². The molecule has 0 amide bonds. The van der Waals surface area contributed by atoms with Gasteiger partial charge in [0, 0.05) is 5.92 Å². The highest BCUT2D eigenvalue weighted by atomic mass is 19.4. The Bertz CT molecular complexity index is 267. The molecule has 1 fully saturated rings. The van der Waals surface area contributed by atoms with E-state index in [1.54, 1.807) is 6.92 Å². The minimum atomic E-state index is -4.16. The summed E-state index contributed by atoms with van der Waals surface area (Å²) in [5.41, 5.74) is 0.364. The van der Waals surface area contributed by atoms with Gasteiger partial charge < -0.3 is 0 Å². The largest absolute Gasteiger partial charge is 0.391 e. The van der Waals surface area contributed by atoms with Gasteiger partial charge in [0.2, 0.25) is 0 Å². The van der Waals surface area contributed by atoms with Crippen molar-refractivity contribution in [1.29, 1.82) is 0 Å². The molecular formula is C11H15F3O. The molecule has 0 spiro atoms. The van der Waals surface area contributed by atoms with Crippen LogP contribution in [0.4, 0.5) is 13.2 Å². The van der Waals surface area contributed by atoms with Crippen molar-refractivity contribution in [2.75, 3.05) is 0 Å². The van der Waals surface area contributed by atoms with Crippen molar-refractivity contribution >= 4 is 5.78 Å². The molecule has 0 bridgehead atoms. The summed E-state index contributed by atoms with van der Waals surface area (Å²) in [7, 11) is 0. The molecule has 0 saturated heterocycles. The van der Waals surface area contributed by atoms with Crippen LogP contribution < -0.4 is 0 Å². The summed E-state index contributed by atoms with van der Waals surface area (Å²) in [5, 5.41) is 0. The van der Waals surface area contributed by atoms with Crippen LogP contribution in [0.1, 0.15) is 32.6 Å². The predicted octanol–water partition coefficient (Wildman–Crippen LogP) is 3.50. The summed E-state index contributed by atoms with van der Waals surface area (Å²) in [4.78, 5) is 11.5. The highest BCUT2D eigenvalue weighted by Gasteiger charge is 2.43. The average Bonchev–Trinajstić information content (AvgIpc) is 2.15. The van der Waals surface area contributed by atoms with Crippen LogP contribution in [0.2, 0.25) is 0 Å². The molecule has 1 aliphatic carbocycles. The lowest BCUT2D eigenvalue weighted by Crippen LogP contribution is -2.31. The highest BCUT2D eigenvalue weighted by molar-refractivity contribution is 5.96. The molecular weight excluding hydrogens is 205 g/mol. The Morgan fingerprint density at radius 2 is 1.93 bits per heavy atom. The van der Waals surface area contributed by atoms with E-state index in [1.165, 1.54) is 0 Å². The number of carbonyl (C=O) groups excluding carboxylic acids is 1. The van der Waals surface area contributed by atoms with Crippen molar-refractivity contribution in [3.8, 4) is 0 Å². The zero-order valence-corrected chi connectivity index (χ0v) is 8.73. The molecule has 0 radical (unpaired) electrons. The maximum Gasteiger partial charge on any atom is 0.391 e. The van der Waals surface area contributed by atoms with Crippen molar-refractivity contribution in [2.45, 2.75) is 38.8 Å². The van der Waals surface area contributed by atoms with Crippen LogP contribution in [0.5, 0.6) is 0 Å². The van der Waals surface area contributed by atoms with Crippen LogP contribution in [0.25, 0.3) is 0 Å². The third kappa shape index (κ3) is 3.08. The molecule has 1 rings (SSSR count). The van der Waals surface area contributed by atoms with Crippen LogP contribution in [-0.4, -0.2) is 12.0 Å². The van der Waals surface area contributed by atoms with Gasteiger partial charge in [-0.2, -0.15) is 13.2 Å². The first-order valence-corrected chi connectivity index (χ1v) is 5.08. The summed E-state index contributed by atoms with van der Waals surface area (Å²) in [5.74, 6) is -1.98. The molecule has 2 atom stereocenters. The van der Waals surface area contributed by atoms with E-state index < -0.39 is 18.0 Å². The van der Waals surface area contributed by atoms with Crippen LogP contribution in [-0.2, 0) is 4.79 Å². The first-order valence-electron chi connectivity index (χ1n) is 5.08. The fraction of sp³-hybridized carbons (Fsp3) is 0.727. The highest BCUT2D eigenvalue weighted by Crippen LogP contribution is 2.40. The number of Topliss-reactive ketones (excluding diaryl/α,β-unsaturated/α-hetero) is 1. The van der Waals surface area contributed by atoms with E-state index in [0.29, 0.717) is 18.4 Å². The van der Waals surface area contributed by atoms with Crippen molar-refractivity contribution in [1.82, 2.24) is 0 Å². The summed E-state index contributed by atoms with van der Waals surface area (Å²) < 4.78 is 37.3. The monoisotopic (exact) mass is 220 g/mol. The van der Waals surface area contributed by atoms with E-state index in [0.717, 1.165) is 0 Å². The van der Waals surface area contributed by atoms with Crippen molar-refractivity contribution in [2.24, 2.45) is 11.8 Å². The number of ketones is 1. The molecule has 86 valence electrons. The molecule has 0 aromatic heterocycles. The lowest BCUT2D eigenvalue weighted by molar-refractivity contribution is -0.185. The van der Waals surface area contributed by atoms with E-state index in [9.17, 15) is 18.0 Å². The lowest BCUT2D eigenvalue weighted by Gasteiger charge is -2.29. The summed E-state index contributed by atoms with van der Waals surface area (Å²) in [6.45, 7) is 5.04. The van der Waals surface area contributed by atoms with E-state index >= 15 is 0 Å². The molecule has 4 heteroatoms. The van der Waals surface area contributed by atoms with Gasteiger partial charge in [-0.15, -0.1) is 0 Å². The van der Waals surface area contributed by atoms with Gasteiger partial charge in [-0.05, 0) is 31.8 Å². The number of hydrogen-bond acceptors (Lipinski definition) is 1. The summed E-state index contributed by atoms with van der Waals surface area (Å²) >= 11 is 0. The quantitative estimate of drug-likeness (QED) is 0.651. The Kier molecular flexibility index (Phi) is 3.58. The Morgan fingerprint density at radius 3 is 2.40 bits per heavy atom. The van der Waals surface area contributed by atoms with Gasteiger partial charge in [-0.25, -0.2) is 0 Å². The minimum Gasteiger partial charge on any atom is -0.294 e. The summed E-state index contributed by atoms with van der Waals surface area (Å²) in [6.07, 6.45) is -3.02. The second-order valence-corrected chi connectivity index (χ2v) is 4.25. The molecule has 0 heterocycles. The lowest BCUT2D eigenvalue weighted by atomic mass is 9.78. The number of carbonyl (C=O) groups is 1. The number of hydrogen-bond donors (Lipinski definition) is 0. The van der Waals surface area contributed by atoms with Gasteiger partial charge in [0.25, 0.3) is 0 Å². The Hall–Kier alpha value is -0.800. The second kappa shape index (κ2) is 4.37. The third-order valence-electron chi connectivity index (χ3n) is 2.93. The number of alkyl halides is 3. The Balaban J connectivity index is 2.64. The van der Waals surface area contributed by atoms with E-state index in [4.69, 9.17) is 0 Å².